The van der Waals surface area contributed by atoms with Gasteiger partial charge in [-0.2, -0.15) is 10.2 Å². The Morgan fingerprint density at radius 1 is 1.13 bits per heavy atom. The first-order valence-electron chi connectivity index (χ1n) is 7.54. The van der Waals surface area contributed by atoms with Gasteiger partial charge in [0.2, 0.25) is 0 Å². The van der Waals surface area contributed by atoms with Crippen LogP contribution in [0.5, 0.6) is 0 Å². The van der Waals surface area contributed by atoms with Crippen molar-refractivity contribution in [3.8, 4) is 5.69 Å². The van der Waals surface area contributed by atoms with Gasteiger partial charge >= 0.3 is 0 Å². The van der Waals surface area contributed by atoms with Crippen molar-refractivity contribution in [1.29, 1.82) is 0 Å². The Morgan fingerprint density at radius 3 is 2.52 bits per heavy atom. The Labute approximate surface area is 146 Å². The molecule has 1 saturated heterocycles. The summed E-state index contributed by atoms with van der Waals surface area (Å²) in [6, 6.07) is 7.50. The van der Waals surface area contributed by atoms with Gasteiger partial charge in [0.1, 0.15) is 5.15 Å². The SMILES string of the molecule is Cc1nn(-c2ccccc2Cl)c(Cl)c1C=NN1CCN(C)CC1. The number of hydrogen-bond acceptors (Lipinski definition) is 4. The van der Waals surface area contributed by atoms with Crippen LogP contribution in [0.1, 0.15) is 11.3 Å². The second kappa shape index (κ2) is 6.91. The van der Waals surface area contributed by atoms with Crippen LogP contribution in [0.25, 0.3) is 5.69 Å². The Morgan fingerprint density at radius 2 is 1.83 bits per heavy atom. The third kappa shape index (κ3) is 3.52. The number of hydrazone groups is 1. The maximum Gasteiger partial charge on any atom is 0.142 e. The summed E-state index contributed by atoms with van der Waals surface area (Å²) in [7, 11) is 2.12. The molecule has 0 spiro atoms. The lowest BCUT2D eigenvalue weighted by Gasteiger charge is -2.30. The van der Waals surface area contributed by atoms with E-state index in [0.29, 0.717) is 10.2 Å². The largest absolute Gasteiger partial charge is 0.303 e. The minimum Gasteiger partial charge on any atom is -0.303 e. The van der Waals surface area contributed by atoms with Gasteiger partial charge in [-0.15, -0.1) is 0 Å². The van der Waals surface area contributed by atoms with Crippen molar-refractivity contribution < 1.29 is 0 Å². The Kier molecular flexibility index (Phi) is 4.90. The van der Waals surface area contributed by atoms with E-state index in [9.17, 15) is 0 Å². The van der Waals surface area contributed by atoms with Crippen molar-refractivity contribution >= 4 is 29.4 Å². The highest BCUT2D eigenvalue weighted by molar-refractivity contribution is 6.34. The normalized spacial score (nSPS) is 16.4. The molecule has 7 heteroatoms. The fraction of sp³-hybridized carbons (Fsp3) is 0.375. The maximum atomic E-state index is 6.50. The molecule has 0 aliphatic carbocycles. The monoisotopic (exact) mass is 351 g/mol. The third-order valence-corrected chi connectivity index (χ3v) is 4.64. The Hall–Kier alpha value is -1.56. The van der Waals surface area contributed by atoms with Crippen molar-refractivity contribution in [3.05, 3.63) is 45.7 Å². The molecule has 1 fully saturated rings. The summed E-state index contributed by atoms with van der Waals surface area (Å²) in [5, 5.41) is 12.2. The fourth-order valence-electron chi connectivity index (χ4n) is 2.49. The van der Waals surface area contributed by atoms with Gasteiger partial charge in [0.25, 0.3) is 0 Å². The number of likely N-dealkylation sites (N-methyl/N-ethyl adjacent to an activating group) is 1. The van der Waals surface area contributed by atoms with Gasteiger partial charge in [0.05, 0.1) is 28.2 Å². The predicted molar refractivity (Wildman–Crippen MR) is 95.0 cm³/mol. The molecule has 0 saturated carbocycles. The number of hydrogen-bond donors (Lipinski definition) is 0. The highest BCUT2D eigenvalue weighted by atomic mass is 35.5. The molecule has 0 atom stereocenters. The molecule has 0 unspecified atom stereocenters. The van der Waals surface area contributed by atoms with Gasteiger partial charge < -0.3 is 4.90 Å². The van der Waals surface area contributed by atoms with Crippen LogP contribution in [-0.2, 0) is 0 Å². The second-order valence-corrected chi connectivity index (χ2v) is 6.42. The summed E-state index contributed by atoms with van der Waals surface area (Å²) in [5.74, 6) is 0. The van der Waals surface area contributed by atoms with E-state index in [1.165, 1.54) is 0 Å². The molecule has 1 aliphatic rings. The zero-order valence-corrected chi connectivity index (χ0v) is 14.7. The molecule has 5 nitrogen and oxygen atoms in total. The van der Waals surface area contributed by atoms with Crippen LogP contribution >= 0.6 is 23.2 Å². The van der Waals surface area contributed by atoms with Gasteiger partial charge in [0, 0.05) is 26.2 Å². The molecule has 0 radical (unpaired) electrons. The molecular formula is C16H19Cl2N5. The van der Waals surface area contributed by atoms with Gasteiger partial charge in [-0.1, -0.05) is 35.3 Å². The number of halogens is 2. The second-order valence-electron chi connectivity index (χ2n) is 5.65. The molecule has 0 bridgehead atoms. The molecule has 23 heavy (non-hydrogen) atoms. The molecule has 1 aromatic heterocycles. The smallest absolute Gasteiger partial charge is 0.142 e. The van der Waals surface area contributed by atoms with Crippen molar-refractivity contribution in [2.75, 3.05) is 33.2 Å². The summed E-state index contributed by atoms with van der Waals surface area (Å²) >= 11 is 12.7. The highest BCUT2D eigenvalue weighted by Gasteiger charge is 2.16. The molecule has 122 valence electrons. The van der Waals surface area contributed by atoms with Crippen molar-refractivity contribution in [2.24, 2.45) is 5.10 Å². The molecule has 0 amide bonds. The minimum atomic E-state index is 0.522. The van der Waals surface area contributed by atoms with E-state index in [2.05, 4.69) is 27.2 Å². The minimum absolute atomic E-state index is 0.522. The molecule has 2 heterocycles. The quantitative estimate of drug-likeness (QED) is 0.797. The molecule has 1 aromatic carbocycles. The number of aryl methyl sites for hydroxylation is 1. The van der Waals surface area contributed by atoms with Gasteiger partial charge in [-0.25, -0.2) is 4.68 Å². The number of benzene rings is 1. The molecular weight excluding hydrogens is 333 g/mol. The molecule has 3 rings (SSSR count). The average Bonchev–Trinajstić information content (AvgIpc) is 2.82. The van der Waals surface area contributed by atoms with E-state index in [-0.39, 0.29) is 0 Å². The Balaban J connectivity index is 1.85. The molecule has 1 aliphatic heterocycles. The number of piperazine rings is 1. The third-order valence-electron chi connectivity index (χ3n) is 3.96. The van der Waals surface area contributed by atoms with Crippen LogP contribution in [0, 0.1) is 6.92 Å². The number of nitrogens with zero attached hydrogens (tertiary/aromatic N) is 5. The highest BCUT2D eigenvalue weighted by Crippen LogP contribution is 2.26. The number of aromatic nitrogens is 2. The average molecular weight is 352 g/mol. The fourth-order valence-corrected chi connectivity index (χ4v) is 3.02. The zero-order valence-electron chi connectivity index (χ0n) is 13.2. The van der Waals surface area contributed by atoms with E-state index >= 15 is 0 Å². The van der Waals surface area contributed by atoms with Crippen LogP contribution < -0.4 is 0 Å². The first-order chi connectivity index (χ1) is 11.1. The van der Waals surface area contributed by atoms with E-state index in [1.807, 2.05) is 31.2 Å². The van der Waals surface area contributed by atoms with Crippen LogP contribution in [0.2, 0.25) is 10.2 Å². The lowest BCUT2D eigenvalue weighted by atomic mass is 10.3. The van der Waals surface area contributed by atoms with E-state index in [0.717, 1.165) is 43.1 Å². The van der Waals surface area contributed by atoms with E-state index in [1.54, 1.807) is 10.9 Å². The van der Waals surface area contributed by atoms with Gasteiger partial charge in [-0.05, 0) is 26.1 Å². The standard InChI is InChI=1S/C16H19Cl2N5/c1-12-13(11-19-22-9-7-21(2)8-10-22)16(18)23(20-12)15-6-4-3-5-14(15)17/h3-6,11H,7-10H2,1-2H3. The van der Waals surface area contributed by atoms with Crippen LogP contribution in [0.15, 0.2) is 29.4 Å². The summed E-state index contributed by atoms with van der Waals surface area (Å²) in [6.07, 6.45) is 1.79. The van der Waals surface area contributed by atoms with Gasteiger partial charge in [-0.3, -0.25) is 5.01 Å². The number of rotatable bonds is 3. The van der Waals surface area contributed by atoms with Gasteiger partial charge in [0.15, 0.2) is 0 Å². The summed E-state index contributed by atoms with van der Waals surface area (Å²) in [4.78, 5) is 2.29. The summed E-state index contributed by atoms with van der Waals surface area (Å²) in [5.41, 5.74) is 2.42. The maximum absolute atomic E-state index is 6.50. The molecule has 0 N–H and O–H groups in total. The first kappa shape index (κ1) is 16.3. The van der Waals surface area contributed by atoms with Crippen molar-refractivity contribution in [2.45, 2.75) is 6.92 Å². The van der Waals surface area contributed by atoms with Crippen LogP contribution in [0.4, 0.5) is 0 Å². The molecule has 2 aromatic rings. The predicted octanol–water partition coefficient (Wildman–Crippen LogP) is 3.07. The van der Waals surface area contributed by atoms with E-state index < -0.39 is 0 Å². The van der Waals surface area contributed by atoms with Crippen LogP contribution in [-0.4, -0.2) is 59.1 Å². The van der Waals surface area contributed by atoms with Crippen molar-refractivity contribution in [3.63, 3.8) is 0 Å². The Bertz CT molecular complexity index is 717. The summed E-state index contributed by atoms with van der Waals surface area (Å²) in [6.45, 7) is 5.79. The zero-order chi connectivity index (χ0) is 16.4. The van der Waals surface area contributed by atoms with Crippen LogP contribution in [0.3, 0.4) is 0 Å². The first-order valence-corrected chi connectivity index (χ1v) is 8.29. The summed E-state index contributed by atoms with van der Waals surface area (Å²) < 4.78 is 1.66. The topological polar surface area (TPSA) is 36.7 Å². The lowest BCUT2D eigenvalue weighted by Crippen LogP contribution is -2.41. The lowest BCUT2D eigenvalue weighted by molar-refractivity contribution is 0.159. The van der Waals surface area contributed by atoms with E-state index in [4.69, 9.17) is 23.2 Å². The van der Waals surface area contributed by atoms with Crippen molar-refractivity contribution in [1.82, 2.24) is 19.7 Å². The number of para-hydroxylation sites is 1.